The molecule has 0 fully saturated rings. The molecule has 0 saturated heterocycles. The Labute approximate surface area is 101 Å². The molecular formula is C10H7F3OS2. The lowest BCUT2D eigenvalue weighted by atomic mass is 10.1. The van der Waals surface area contributed by atoms with Crippen LogP contribution >= 0.6 is 25.3 Å². The highest BCUT2D eigenvalue weighted by molar-refractivity contribution is 8.05. The van der Waals surface area contributed by atoms with Gasteiger partial charge >= 0.3 is 6.18 Å². The minimum Gasteiger partial charge on any atom is -0.289 e. The second-order valence-corrected chi connectivity index (χ2v) is 4.26. The normalized spacial score (nSPS) is 11.1. The predicted molar refractivity (Wildman–Crippen MR) is 61.8 cm³/mol. The molecule has 0 N–H and O–H groups in total. The molecule has 0 aromatic heterocycles. The maximum atomic E-state index is 12.2. The van der Waals surface area contributed by atoms with Crippen molar-refractivity contribution >= 4 is 31.0 Å². The van der Waals surface area contributed by atoms with Gasteiger partial charge in [0.1, 0.15) is 0 Å². The van der Waals surface area contributed by atoms with Gasteiger partial charge in [-0.15, -0.1) is 25.3 Å². The van der Waals surface area contributed by atoms with E-state index in [2.05, 4.69) is 25.3 Å². The molecule has 1 nitrogen and oxygen atoms in total. The first-order valence-corrected chi connectivity index (χ1v) is 5.01. The zero-order valence-electron chi connectivity index (χ0n) is 7.82. The lowest BCUT2D eigenvalue weighted by molar-refractivity contribution is -0.137. The summed E-state index contributed by atoms with van der Waals surface area (Å²) in [5.74, 6) is -0.436. The largest absolute Gasteiger partial charge is 0.416 e. The highest BCUT2D eigenvalue weighted by Crippen LogP contribution is 2.29. The lowest BCUT2D eigenvalue weighted by Crippen LogP contribution is -2.05. The molecule has 0 amide bonds. The summed E-state index contributed by atoms with van der Waals surface area (Å²) in [4.78, 5) is 11.4. The van der Waals surface area contributed by atoms with Crippen molar-refractivity contribution in [2.45, 2.75) is 6.18 Å². The van der Waals surface area contributed by atoms with E-state index in [-0.39, 0.29) is 9.80 Å². The van der Waals surface area contributed by atoms with E-state index in [1.165, 1.54) is 0 Å². The van der Waals surface area contributed by atoms with Crippen LogP contribution in [0.25, 0.3) is 0 Å². The number of carbonyl (C=O) groups excluding carboxylic acids is 1. The average molecular weight is 264 g/mol. The number of hydrogen-bond acceptors (Lipinski definition) is 3. The van der Waals surface area contributed by atoms with Crippen molar-refractivity contribution in [2.24, 2.45) is 0 Å². The lowest BCUT2D eigenvalue weighted by Gasteiger charge is -2.06. The molecule has 0 aliphatic rings. The quantitative estimate of drug-likeness (QED) is 0.474. The van der Waals surface area contributed by atoms with Gasteiger partial charge in [0.15, 0.2) is 5.78 Å². The number of carbonyl (C=O) groups is 1. The van der Waals surface area contributed by atoms with Gasteiger partial charge < -0.3 is 0 Å². The summed E-state index contributed by atoms with van der Waals surface area (Å²) < 4.78 is 36.8. The van der Waals surface area contributed by atoms with Gasteiger partial charge in [0.25, 0.3) is 0 Å². The van der Waals surface area contributed by atoms with E-state index in [1.54, 1.807) is 0 Å². The van der Waals surface area contributed by atoms with Gasteiger partial charge in [-0.05, 0) is 12.1 Å². The third kappa shape index (κ3) is 3.61. The molecule has 1 aromatic carbocycles. The zero-order valence-corrected chi connectivity index (χ0v) is 9.61. The third-order valence-electron chi connectivity index (χ3n) is 1.76. The van der Waals surface area contributed by atoms with Crippen LogP contribution in [-0.4, -0.2) is 5.78 Å². The summed E-state index contributed by atoms with van der Waals surface area (Å²) in [7, 11) is 0. The van der Waals surface area contributed by atoms with E-state index in [1.807, 2.05) is 0 Å². The van der Waals surface area contributed by atoms with Crippen molar-refractivity contribution < 1.29 is 18.0 Å². The Morgan fingerprint density at radius 3 is 2.00 bits per heavy atom. The molecule has 1 rings (SSSR count). The Bertz CT molecular complexity index is 417. The number of ketones is 1. The molecule has 0 heterocycles. The molecule has 1 aromatic rings. The number of hydrogen-bond donors (Lipinski definition) is 2. The average Bonchev–Trinajstić information content (AvgIpc) is 2.15. The van der Waals surface area contributed by atoms with Crippen LogP contribution in [0.5, 0.6) is 0 Å². The topological polar surface area (TPSA) is 17.1 Å². The number of rotatable bonds is 2. The second kappa shape index (κ2) is 4.97. The Morgan fingerprint density at radius 2 is 1.62 bits per heavy atom. The van der Waals surface area contributed by atoms with Gasteiger partial charge in [0, 0.05) is 15.9 Å². The summed E-state index contributed by atoms with van der Waals surface area (Å²) in [6.07, 6.45) is -3.27. The van der Waals surface area contributed by atoms with E-state index < -0.39 is 17.5 Å². The first kappa shape index (κ1) is 13.2. The first-order valence-electron chi connectivity index (χ1n) is 4.12. The standard InChI is InChI=1S/C10H7F3OS2/c11-10(12,13)7-3-1-6(2-4-7)8(14)5-9(15)16/h1-5,15-16H. The van der Waals surface area contributed by atoms with Gasteiger partial charge in [-0.25, -0.2) is 0 Å². The van der Waals surface area contributed by atoms with Crippen LogP contribution in [0.1, 0.15) is 15.9 Å². The number of alkyl halides is 3. The van der Waals surface area contributed by atoms with Crippen molar-refractivity contribution in [1.29, 1.82) is 0 Å². The molecule has 6 heteroatoms. The van der Waals surface area contributed by atoms with E-state index in [0.717, 1.165) is 30.3 Å². The summed E-state index contributed by atoms with van der Waals surface area (Å²) in [5, 5.41) is 0. The third-order valence-corrected chi connectivity index (χ3v) is 2.02. The monoisotopic (exact) mass is 264 g/mol. The summed E-state index contributed by atoms with van der Waals surface area (Å²) >= 11 is 7.56. The number of halogens is 3. The highest BCUT2D eigenvalue weighted by Gasteiger charge is 2.30. The van der Waals surface area contributed by atoms with E-state index in [0.29, 0.717) is 0 Å². The van der Waals surface area contributed by atoms with Gasteiger partial charge in [0.2, 0.25) is 0 Å². The fourth-order valence-corrected chi connectivity index (χ4v) is 1.26. The first-order chi connectivity index (χ1) is 7.30. The van der Waals surface area contributed by atoms with Crippen LogP contribution in [0.15, 0.2) is 34.6 Å². The molecular weight excluding hydrogens is 257 g/mol. The Balaban J connectivity index is 2.96. The molecule has 0 bridgehead atoms. The molecule has 0 spiro atoms. The number of allylic oxidation sites excluding steroid dienone is 1. The summed E-state index contributed by atoms with van der Waals surface area (Å²) in [5.41, 5.74) is -0.626. The van der Waals surface area contributed by atoms with Crippen LogP contribution in [0.2, 0.25) is 0 Å². The van der Waals surface area contributed by atoms with Crippen LogP contribution in [0.4, 0.5) is 13.2 Å². The Hall–Kier alpha value is -0.880. The molecule has 0 saturated carbocycles. The Morgan fingerprint density at radius 1 is 1.12 bits per heavy atom. The molecule has 16 heavy (non-hydrogen) atoms. The van der Waals surface area contributed by atoms with E-state index in [4.69, 9.17) is 0 Å². The van der Waals surface area contributed by atoms with Crippen molar-refractivity contribution in [2.75, 3.05) is 0 Å². The van der Waals surface area contributed by atoms with E-state index in [9.17, 15) is 18.0 Å². The van der Waals surface area contributed by atoms with E-state index >= 15 is 0 Å². The molecule has 0 aliphatic carbocycles. The molecule has 86 valence electrons. The minimum atomic E-state index is -4.39. The van der Waals surface area contributed by atoms with Crippen molar-refractivity contribution in [3.05, 3.63) is 45.7 Å². The fourth-order valence-electron chi connectivity index (χ4n) is 1.02. The fraction of sp³-hybridized carbons (Fsp3) is 0.100. The summed E-state index contributed by atoms with van der Waals surface area (Å²) in [6, 6.07) is 3.95. The predicted octanol–water partition coefficient (Wildman–Crippen LogP) is 3.59. The van der Waals surface area contributed by atoms with Gasteiger partial charge in [0.05, 0.1) is 5.56 Å². The number of thiol groups is 2. The van der Waals surface area contributed by atoms with Crippen molar-refractivity contribution in [1.82, 2.24) is 0 Å². The smallest absolute Gasteiger partial charge is 0.289 e. The molecule has 0 radical (unpaired) electrons. The van der Waals surface area contributed by atoms with Crippen LogP contribution in [0.3, 0.4) is 0 Å². The number of benzene rings is 1. The summed E-state index contributed by atoms with van der Waals surface area (Å²) in [6.45, 7) is 0. The van der Waals surface area contributed by atoms with Crippen molar-refractivity contribution in [3.63, 3.8) is 0 Å². The van der Waals surface area contributed by atoms with Crippen LogP contribution in [0, 0.1) is 0 Å². The molecule has 0 atom stereocenters. The SMILES string of the molecule is O=C(C=C(S)S)c1ccc(C(F)(F)F)cc1. The maximum Gasteiger partial charge on any atom is 0.416 e. The van der Waals surface area contributed by atoms with Crippen LogP contribution < -0.4 is 0 Å². The van der Waals surface area contributed by atoms with Crippen molar-refractivity contribution in [3.8, 4) is 0 Å². The molecule has 0 aliphatic heterocycles. The minimum absolute atomic E-state index is 0.161. The Kier molecular flexibility index (Phi) is 4.09. The molecule has 0 unspecified atom stereocenters. The maximum absolute atomic E-state index is 12.2. The van der Waals surface area contributed by atoms with Gasteiger partial charge in [-0.3, -0.25) is 4.79 Å². The van der Waals surface area contributed by atoms with Gasteiger partial charge in [-0.1, -0.05) is 12.1 Å². The zero-order chi connectivity index (χ0) is 12.3. The second-order valence-electron chi connectivity index (χ2n) is 2.94. The highest BCUT2D eigenvalue weighted by atomic mass is 32.2. The van der Waals surface area contributed by atoms with Crippen LogP contribution in [-0.2, 0) is 6.18 Å². The van der Waals surface area contributed by atoms with Gasteiger partial charge in [-0.2, -0.15) is 13.2 Å².